The topological polar surface area (TPSA) is 92.9 Å². The van der Waals surface area contributed by atoms with Crippen molar-refractivity contribution in [3.63, 3.8) is 0 Å². The van der Waals surface area contributed by atoms with Gasteiger partial charge in [-0.25, -0.2) is 8.42 Å². The van der Waals surface area contributed by atoms with Gasteiger partial charge in [-0.3, -0.25) is 15.1 Å². The summed E-state index contributed by atoms with van der Waals surface area (Å²) in [5, 5.41) is 11.2. The van der Waals surface area contributed by atoms with Crippen molar-refractivity contribution < 1.29 is 13.3 Å². The van der Waals surface area contributed by atoms with Crippen molar-refractivity contribution in [3.05, 3.63) is 63.7 Å². The molecule has 0 spiro atoms. The number of nitrogens with zero attached hydrogens (tertiary/aromatic N) is 3. The van der Waals surface area contributed by atoms with E-state index in [4.69, 9.17) is 0 Å². The normalized spacial score (nSPS) is 15.9. The SMILES string of the molecule is Cc1ccc(N=Cc2ccccc2[N+](=O)[O-])c(S(=O)(=O)N2CCCCC2)c1. The lowest BCUT2D eigenvalue weighted by atomic mass is 10.2. The zero-order valence-electron chi connectivity index (χ0n) is 15.0. The van der Waals surface area contributed by atoms with E-state index in [1.54, 1.807) is 36.4 Å². The molecule has 0 radical (unpaired) electrons. The second-order valence-corrected chi connectivity index (χ2v) is 8.42. The Kier molecular flexibility index (Phi) is 5.67. The summed E-state index contributed by atoms with van der Waals surface area (Å²) in [6, 6.07) is 11.2. The first-order valence-corrected chi connectivity index (χ1v) is 10.2. The molecule has 1 saturated heterocycles. The van der Waals surface area contributed by atoms with Crippen molar-refractivity contribution in [1.82, 2.24) is 4.31 Å². The third kappa shape index (κ3) is 4.23. The van der Waals surface area contributed by atoms with Crippen LogP contribution in [0, 0.1) is 17.0 Å². The number of sulfonamides is 1. The highest BCUT2D eigenvalue weighted by atomic mass is 32.2. The summed E-state index contributed by atoms with van der Waals surface area (Å²) in [6.07, 6.45) is 4.07. The molecule has 0 saturated carbocycles. The number of rotatable bonds is 5. The summed E-state index contributed by atoms with van der Waals surface area (Å²) in [5.74, 6) is 0. The van der Waals surface area contributed by atoms with E-state index in [1.165, 1.54) is 16.6 Å². The van der Waals surface area contributed by atoms with Gasteiger partial charge in [0.05, 0.1) is 16.2 Å². The first kappa shape index (κ1) is 19.2. The van der Waals surface area contributed by atoms with Crippen LogP contribution in [0.4, 0.5) is 11.4 Å². The molecule has 0 unspecified atom stereocenters. The number of aryl methyl sites for hydroxylation is 1. The number of hydrogen-bond acceptors (Lipinski definition) is 5. The summed E-state index contributed by atoms with van der Waals surface area (Å²) in [7, 11) is -3.66. The Bertz CT molecular complexity index is 980. The number of benzene rings is 2. The number of aliphatic imine (C=N–C) groups is 1. The number of nitro benzene ring substituents is 1. The molecule has 0 amide bonds. The van der Waals surface area contributed by atoms with E-state index in [0.29, 0.717) is 18.7 Å². The third-order valence-corrected chi connectivity index (χ3v) is 6.45. The molecule has 7 nitrogen and oxygen atoms in total. The van der Waals surface area contributed by atoms with Crippen LogP contribution in [0.5, 0.6) is 0 Å². The largest absolute Gasteiger partial charge is 0.278 e. The van der Waals surface area contributed by atoms with Gasteiger partial charge in [0.1, 0.15) is 4.90 Å². The van der Waals surface area contributed by atoms with E-state index in [1.807, 2.05) is 6.92 Å². The summed E-state index contributed by atoms with van der Waals surface area (Å²) in [5.41, 5.74) is 1.35. The summed E-state index contributed by atoms with van der Waals surface area (Å²) in [6.45, 7) is 2.83. The minimum atomic E-state index is -3.66. The van der Waals surface area contributed by atoms with Crippen LogP contribution < -0.4 is 0 Å². The maximum atomic E-state index is 13.1. The molecule has 1 aliphatic heterocycles. The maximum absolute atomic E-state index is 13.1. The Labute approximate surface area is 158 Å². The molecule has 0 bridgehead atoms. The summed E-state index contributed by atoms with van der Waals surface area (Å²) in [4.78, 5) is 15.1. The first-order valence-electron chi connectivity index (χ1n) is 8.78. The fourth-order valence-corrected chi connectivity index (χ4v) is 4.82. The summed E-state index contributed by atoms with van der Waals surface area (Å²) < 4.78 is 27.7. The molecule has 1 aliphatic rings. The monoisotopic (exact) mass is 387 g/mol. The van der Waals surface area contributed by atoms with Crippen molar-refractivity contribution in [2.45, 2.75) is 31.1 Å². The second-order valence-electron chi connectivity index (χ2n) is 6.51. The molecule has 8 heteroatoms. The fraction of sp³-hybridized carbons (Fsp3) is 0.316. The van der Waals surface area contributed by atoms with E-state index in [2.05, 4.69) is 4.99 Å². The highest BCUT2D eigenvalue weighted by Gasteiger charge is 2.28. The van der Waals surface area contributed by atoms with Gasteiger partial charge >= 0.3 is 0 Å². The quantitative estimate of drug-likeness (QED) is 0.443. The molecule has 0 aromatic heterocycles. The molecular weight excluding hydrogens is 366 g/mol. The first-order chi connectivity index (χ1) is 12.9. The molecule has 142 valence electrons. The number of piperidine rings is 1. The van der Waals surface area contributed by atoms with Crippen molar-refractivity contribution in [2.75, 3.05) is 13.1 Å². The molecule has 2 aromatic carbocycles. The minimum Gasteiger partial charge on any atom is -0.258 e. The lowest BCUT2D eigenvalue weighted by Gasteiger charge is -2.26. The van der Waals surface area contributed by atoms with Crippen molar-refractivity contribution >= 4 is 27.6 Å². The Morgan fingerprint density at radius 3 is 2.52 bits per heavy atom. The highest BCUT2D eigenvalue weighted by molar-refractivity contribution is 7.89. The average molecular weight is 387 g/mol. The van der Waals surface area contributed by atoms with Crippen LogP contribution in [-0.2, 0) is 10.0 Å². The Balaban J connectivity index is 2.01. The number of hydrogen-bond donors (Lipinski definition) is 0. The van der Waals surface area contributed by atoms with Crippen LogP contribution in [0.3, 0.4) is 0 Å². The maximum Gasteiger partial charge on any atom is 0.278 e. The number of nitro groups is 1. The van der Waals surface area contributed by atoms with Gasteiger partial charge in [0, 0.05) is 25.4 Å². The molecule has 27 heavy (non-hydrogen) atoms. The molecule has 3 rings (SSSR count). The van der Waals surface area contributed by atoms with Crippen LogP contribution in [0.25, 0.3) is 0 Å². The van der Waals surface area contributed by atoms with Crippen LogP contribution >= 0.6 is 0 Å². The standard InChI is InChI=1S/C19H21N3O4S/c1-15-9-10-17(20-14-16-7-3-4-8-18(16)22(23)24)19(13-15)27(25,26)21-11-5-2-6-12-21/h3-4,7-10,13-14H,2,5-6,11-12H2,1H3. The minimum absolute atomic E-state index is 0.0752. The van der Waals surface area contributed by atoms with Gasteiger partial charge in [-0.15, -0.1) is 0 Å². The van der Waals surface area contributed by atoms with Crippen LogP contribution in [0.15, 0.2) is 52.4 Å². The van der Waals surface area contributed by atoms with E-state index < -0.39 is 14.9 Å². The van der Waals surface area contributed by atoms with Crippen LogP contribution in [-0.4, -0.2) is 37.0 Å². The fourth-order valence-electron chi connectivity index (χ4n) is 3.08. The van der Waals surface area contributed by atoms with E-state index in [-0.39, 0.29) is 16.3 Å². The Morgan fingerprint density at radius 2 is 1.81 bits per heavy atom. The summed E-state index contributed by atoms with van der Waals surface area (Å²) >= 11 is 0. The van der Waals surface area contributed by atoms with E-state index >= 15 is 0 Å². The molecule has 2 aromatic rings. The predicted molar refractivity (Wildman–Crippen MR) is 104 cm³/mol. The Morgan fingerprint density at radius 1 is 1.11 bits per heavy atom. The van der Waals surface area contributed by atoms with Gasteiger partial charge in [-0.1, -0.05) is 24.6 Å². The van der Waals surface area contributed by atoms with Crippen LogP contribution in [0.2, 0.25) is 0 Å². The van der Waals surface area contributed by atoms with Crippen molar-refractivity contribution in [1.29, 1.82) is 0 Å². The molecule has 0 N–H and O–H groups in total. The number of para-hydroxylation sites is 1. The van der Waals surface area contributed by atoms with Gasteiger partial charge in [-0.2, -0.15) is 4.31 Å². The smallest absolute Gasteiger partial charge is 0.258 e. The lowest BCUT2D eigenvalue weighted by Crippen LogP contribution is -2.35. The van der Waals surface area contributed by atoms with Gasteiger partial charge in [0.15, 0.2) is 0 Å². The lowest BCUT2D eigenvalue weighted by molar-refractivity contribution is -0.385. The Hall–Kier alpha value is -2.58. The van der Waals surface area contributed by atoms with Crippen molar-refractivity contribution in [3.8, 4) is 0 Å². The van der Waals surface area contributed by atoms with Crippen LogP contribution in [0.1, 0.15) is 30.4 Å². The second kappa shape index (κ2) is 7.98. The van der Waals surface area contributed by atoms with E-state index in [0.717, 1.165) is 24.8 Å². The van der Waals surface area contributed by atoms with Gasteiger partial charge in [0.2, 0.25) is 10.0 Å². The van der Waals surface area contributed by atoms with E-state index in [9.17, 15) is 18.5 Å². The zero-order valence-corrected chi connectivity index (χ0v) is 15.9. The van der Waals surface area contributed by atoms with Gasteiger partial charge in [0.25, 0.3) is 5.69 Å². The zero-order chi connectivity index (χ0) is 19.4. The molecule has 1 heterocycles. The van der Waals surface area contributed by atoms with Gasteiger partial charge in [-0.05, 0) is 43.5 Å². The highest BCUT2D eigenvalue weighted by Crippen LogP contribution is 2.30. The molecular formula is C19H21N3O4S. The van der Waals surface area contributed by atoms with Crippen molar-refractivity contribution in [2.24, 2.45) is 4.99 Å². The predicted octanol–water partition coefficient (Wildman–Crippen LogP) is 3.83. The molecule has 1 fully saturated rings. The average Bonchev–Trinajstić information content (AvgIpc) is 2.67. The molecule has 0 aliphatic carbocycles. The third-order valence-electron chi connectivity index (χ3n) is 4.52. The molecule has 0 atom stereocenters. The van der Waals surface area contributed by atoms with Gasteiger partial charge < -0.3 is 0 Å².